The van der Waals surface area contributed by atoms with E-state index in [1.807, 2.05) is 0 Å². The van der Waals surface area contributed by atoms with Gasteiger partial charge in [-0.1, -0.05) is 0 Å². The maximum atomic E-state index is 10.9. The summed E-state index contributed by atoms with van der Waals surface area (Å²) in [4.78, 5) is 0. The smallest absolute Gasteiger partial charge is 0.226 e. The molecule has 10 heavy (non-hydrogen) atoms. The molecule has 1 radical (unpaired) electrons. The van der Waals surface area contributed by atoms with Crippen molar-refractivity contribution in [3.8, 4) is 5.75 Å². The summed E-state index contributed by atoms with van der Waals surface area (Å²) in [6.45, 7) is 0. The zero-order valence-corrected chi connectivity index (χ0v) is 5.29. The Morgan fingerprint density at radius 3 is 2.00 bits per heavy atom. The van der Waals surface area contributed by atoms with Crippen molar-refractivity contribution in [2.75, 3.05) is 17.2 Å². The molecule has 0 saturated heterocycles. The van der Waals surface area contributed by atoms with E-state index in [0.29, 0.717) is 0 Å². The predicted molar refractivity (Wildman–Crippen MR) is 39.8 cm³/mol. The fraction of sp³-hybridized carbons (Fsp3) is 0. The van der Waals surface area contributed by atoms with Gasteiger partial charge in [0.25, 0.3) is 0 Å². The minimum atomic E-state index is -0.389. The van der Waals surface area contributed by atoms with Crippen LogP contribution in [0.2, 0.25) is 0 Å². The standard InChI is InChI=1S/C6H8N3O/c7-3-1-2-4(8)6(10)5(3)9/h1-2H,7-9H2. The Bertz CT molecular complexity index is 232. The van der Waals surface area contributed by atoms with Crippen molar-refractivity contribution in [2.24, 2.45) is 0 Å². The second-order valence-electron chi connectivity index (χ2n) is 1.99. The molecule has 0 bridgehead atoms. The van der Waals surface area contributed by atoms with Gasteiger partial charge in [-0.2, -0.15) is 0 Å². The highest BCUT2D eigenvalue weighted by Crippen LogP contribution is 2.32. The van der Waals surface area contributed by atoms with E-state index in [1.165, 1.54) is 12.1 Å². The Morgan fingerprint density at radius 2 is 1.50 bits per heavy atom. The molecule has 0 amide bonds. The van der Waals surface area contributed by atoms with Crippen molar-refractivity contribution < 1.29 is 5.11 Å². The quantitative estimate of drug-likeness (QED) is 0.457. The number of anilines is 3. The van der Waals surface area contributed by atoms with Crippen molar-refractivity contribution in [1.82, 2.24) is 0 Å². The SMILES string of the molecule is Nc1ccc(N)c([O])c1N. The van der Waals surface area contributed by atoms with Crippen molar-refractivity contribution in [1.29, 1.82) is 0 Å². The Kier molecular flexibility index (Phi) is 1.30. The third-order valence-corrected chi connectivity index (χ3v) is 1.26. The highest BCUT2D eigenvalue weighted by Gasteiger charge is 2.05. The number of nitrogens with two attached hydrogens (primary N) is 3. The molecule has 6 N–H and O–H groups in total. The van der Waals surface area contributed by atoms with Crippen LogP contribution in [0.1, 0.15) is 0 Å². The van der Waals surface area contributed by atoms with Gasteiger partial charge in [0.05, 0.1) is 11.4 Å². The summed E-state index contributed by atoms with van der Waals surface area (Å²) in [5.41, 5.74) is 16.3. The summed E-state index contributed by atoms with van der Waals surface area (Å²) in [5.74, 6) is -0.389. The van der Waals surface area contributed by atoms with Gasteiger partial charge in [0, 0.05) is 0 Å². The number of benzene rings is 1. The highest BCUT2D eigenvalue weighted by molar-refractivity contribution is 5.77. The van der Waals surface area contributed by atoms with Crippen LogP contribution in [0.25, 0.3) is 0 Å². The molecule has 0 spiro atoms. The molecule has 0 atom stereocenters. The van der Waals surface area contributed by atoms with E-state index >= 15 is 0 Å². The summed E-state index contributed by atoms with van der Waals surface area (Å²) in [5, 5.41) is 10.9. The summed E-state index contributed by atoms with van der Waals surface area (Å²) in [6, 6.07) is 2.94. The van der Waals surface area contributed by atoms with Gasteiger partial charge in [0.15, 0.2) is 0 Å². The molecule has 0 aliphatic carbocycles. The van der Waals surface area contributed by atoms with Crippen molar-refractivity contribution in [3.05, 3.63) is 12.1 Å². The maximum absolute atomic E-state index is 10.9. The third-order valence-electron chi connectivity index (χ3n) is 1.26. The molecular weight excluding hydrogens is 130 g/mol. The monoisotopic (exact) mass is 138 g/mol. The van der Waals surface area contributed by atoms with E-state index < -0.39 is 0 Å². The fourth-order valence-corrected chi connectivity index (χ4v) is 0.632. The lowest BCUT2D eigenvalue weighted by Crippen LogP contribution is -1.96. The van der Waals surface area contributed by atoms with E-state index in [-0.39, 0.29) is 22.8 Å². The molecule has 1 rings (SSSR count). The lowest BCUT2D eigenvalue weighted by molar-refractivity contribution is 0.360. The molecule has 0 fully saturated rings. The van der Waals surface area contributed by atoms with Crippen LogP contribution >= 0.6 is 0 Å². The first-order chi connectivity index (χ1) is 4.63. The van der Waals surface area contributed by atoms with Crippen molar-refractivity contribution in [3.63, 3.8) is 0 Å². The summed E-state index contributed by atoms with van der Waals surface area (Å²) in [7, 11) is 0. The number of rotatable bonds is 0. The number of nitrogen functional groups attached to an aromatic ring is 3. The average molecular weight is 138 g/mol. The molecule has 1 aromatic carbocycles. The van der Waals surface area contributed by atoms with Gasteiger partial charge >= 0.3 is 0 Å². The molecule has 4 heteroatoms. The van der Waals surface area contributed by atoms with Gasteiger partial charge in [-0.15, -0.1) is 0 Å². The first-order valence-corrected chi connectivity index (χ1v) is 2.73. The number of hydrogen-bond acceptors (Lipinski definition) is 3. The average Bonchev–Trinajstić information content (AvgIpc) is 1.93. The van der Waals surface area contributed by atoms with Gasteiger partial charge in [-0.3, -0.25) is 5.11 Å². The van der Waals surface area contributed by atoms with Gasteiger partial charge in [-0.25, -0.2) is 0 Å². The van der Waals surface area contributed by atoms with Gasteiger partial charge in [0.2, 0.25) is 5.75 Å². The minimum absolute atomic E-state index is 0.0278. The van der Waals surface area contributed by atoms with Crippen LogP contribution in [0.5, 0.6) is 5.75 Å². The maximum Gasteiger partial charge on any atom is 0.226 e. The van der Waals surface area contributed by atoms with Crippen molar-refractivity contribution >= 4 is 17.1 Å². The van der Waals surface area contributed by atoms with Crippen LogP contribution in [0.15, 0.2) is 12.1 Å². The third kappa shape index (κ3) is 0.793. The molecule has 0 heterocycles. The van der Waals surface area contributed by atoms with E-state index in [4.69, 9.17) is 17.2 Å². The van der Waals surface area contributed by atoms with E-state index in [1.54, 1.807) is 0 Å². The molecule has 1 aromatic rings. The van der Waals surface area contributed by atoms with Crippen LogP contribution in [-0.4, -0.2) is 0 Å². The zero-order valence-electron chi connectivity index (χ0n) is 5.29. The summed E-state index contributed by atoms with van der Waals surface area (Å²) >= 11 is 0. The lowest BCUT2D eigenvalue weighted by atomic mass is 10.2. The highest BCUT2D eigenvalue weighted by atomic mass is 16.3. The van der Waals surface area contributed by atoms with Crippen molar-refractivity contribution in [2.45, 2.75) is 0 Å². The normalized spacial score (nSPS) is 9.60. The van der Waals surface area contributed by atoms with Crippen LogP contribution in [0.4, 0.5) is 17.1 Å². The number of hydrogen-bond donors (Lipinski definition) is 3. The molecule has 0 aliphatic heterocycles. The second-order valence-corrected chi connectivity index (χ2v) is 1.99. The summed E-state index contributed by atoms with van der Waals surface area (Å²) in [6.07, 6.45) is 0. The fourth-order valence-electron chi connectivity index (χ4n) is 0.632. The van der Waals surface area contributed by atoms with Crippen LogP contribution < -0.4 is 17.2 Å². The Balaban J connectivity index is 3.34. The lowest BCUT2D eigenvalue weighted by Gasteiger charge is -2.01. The Morgan fingerprint density at radius 1 is 1.00 bits per heavy atom. The predicted octanol–water partition coefficient (Wildman–Crippen LogP) is 0.577. The van der Waals surface area contributed by atoms with Crippen LogP contribution in [0, 0.1) is 0 Å². The molecule has 0 aromatic heterocycles. The molecule has 0 saturated carbocycles. The van der Waals surface area contributed by atoms with Gasteiger partial charge in [0.1, 0.15) is 5.69 Å². The minimum Gasteiger partial charge on any atom is -0.397 e. The van der Waals surface area contributed by atoms with Gasteiger partial charge in [-0.05, 0) is 12.1 Å². The molecule has 0 unspecified atom stereocenters. The molecule has 4 nitrogen and oxygen atoms in total. The first-order valence-electron chi connectivity index (χ1n) is 2.73. The first kappa shape index (κ1) is 6.54. The largest absolute Gasteiger partial charge is 0.397 e. The zero-order chi connectivity index (χ0) is 7.72. The van der Waals surface area contributed by atoms with E-state index in [9.17, 15) is 5.11 Å². The molecular formula is C6H8N3O. The molecule has 0 aliphatic rings. The Hall–Kier alpha value is -1.58. The van der Waals surface area contributed by atoms with E-state index in [0.717, 1.165) is 0 Å². The summed E-state index contributed by atoms with van der Waals surface area (Å²) < 4.78 is 0. The van der Waals surface area contributed by atoms with Crippen LogP contribution in [0.3, 0.4) is 0 Å². The Labute approximate surface area is 58.2 Å². The molecule has 53 valence electrons. The van der Waals surface area contributed by atoms with E-state index in [2.05, 4.69) is 0 Å². The second kappa shape index (κ2) is 1.98. The van der Waals surface area contributed by atoms with Crippen LogP contribution in [-0.2, 0) is 5.11 Å². The van der Waals surface area contributed by atoms with Gasteiger partial charge < -0.3 is 17.2 Å². The topological polar surface area (TPSA) is 98.0 Å².